The van der Waals surface area contributed by atoms with E-state index in [1.165, 1.54) is 0 Å². The number of primary amides is 1. The van der Waals surface area contributed by atoms with Gasteiger partial charge < -0.3 is 10.6 Å². The van der Waals surface area contributed by atoms with E-state index in [1.807, 2.05) is 17.2 Å². The molecule has 15 heavy (non-hydrogen) atoms. The Labute approximate surface area is 86.9 Å². The number of anilines is 1. The molecule has 0 saturated carbocycles. The molecule has 0 unspecified atom stereocenters. The first-order valence-electron chi connectivity index (χ1n) is 4.48. The fraction of sp³-hybridized carbons (Fsp3) is 0.100. The Balaban J connectivity index is 2.19. The summed E-state index contributed by atoms with van der Waals surface area (Å²) in [4.78, 5) is 12.9. The molecule has 1 amide bonds. The molecule has 5 nitrogen and oxygen atoms in total. The third-order valence-electron chi connectivity index (χ3n) is 2.12. The molecule has 1 aliphatic rings. The van der Waals surface area contributed by atoms with Crippen molar-refractivity contribution >= 4 is 11.6 Å². The average Bonchev–Trinajstić information content (AvgIpc) is 2.30. The second-order valence-electron chi connectivity index (χ2n) is 3.13. The van der Waals surface area contributed by atoms with Crippen LogP contribution in [-0.4, -0.2) is 22.6 Å². The number of rotatable bonds is 2. The maximum Gasteiger partial charge on any atom is 0.246 e. The van der Waals surface area contributed by atoms with E-state index < -0.39 is 5.91 Å². The molecule has 0 aliphatic carbocycles. The van der Waals surface area contributed by atoms with Gasteiger partial charge in [-0.25, -0.2) is 0 Å². The summed E-state index contributed by atoms with van der Waals surface area (Å²) in [6.07, 6.45) is 8.60. The Morgan fingerprint density at radius 1 is 1.47 bits per heavy atom. The summed E-state index contributed by atoms with van der Waals surface area (Å²) in [5, 5.41) is 7.46. The minimum Gasteiger partial charge on any atom is -0.366 e. The first kappa shape index (κ1) is 9.39. The van der Waals surface area contributed by atoms with E-state index >= 15 is 0 Å². The van der Waals surface area contributed by atoms with E-state index in [1.54, 1.807) is 24.5 Å². The third-order valence-corrected chi connectivity index (χ3v) is 2.12. The zero-order valence-corrected chi connectivity index (χ0v) is 8.00. The van der Waals surface area contributed by atoms with Crippen molar-refractivity contribution in [2.24, 2.45) is 5.73 Å². The van der Waals surface area contributed by atoms with Crippen LogP contribution < -0.4 is 10.6 Å². The van der Waals surface area contributed by atoms with Crippen LogP contribution in [0.15, 0.2) is 42.4 Å². The van der Waals surface area contributed by atoms with E-state index in [0.717, 1.165) is 5.69 Å². The number of hydrogen-bond donors (Lipinski definition) is 1. The van der Waals surface area contributed by atoms with Crippen LogP contribution in [0.1, 0.15) is 0 Å². The van der Waals surface area contributed by atoms with Crippen LogP contribution in [0.5, 0.6) is 0 Å². The predicted molar refractivity (Wildman–Crippen MR) is 55.8 cm³/mol. The lowest BCUT2D eigenvalue weighted by Gasteiger charge is -2.22. The molecule has 1 aliphatic heterocycles. The van der Waals surface area contributed by atoms with E-state index in [0.29, 0.717) is 12.1 Å². The average molecular weight is 202 g/mol. The highest BCUT2D eigenvalue weighted by Crippen LogP contribution is 2.16. The van der Waals surface area contributed by atoms with Crippen LogP contribution in [0.4, 0.5) is 5.69 Å². The van der Waals surface area contributed by atoms with Gasteiger partial charge in [-0.1, -0.05) is 6.08 Å². The maximum atomic E-state index is 11.0. The number of aromatic nitrogens is 2. The van der Waals surface area contributed by atoms with Crippen LogP contribution in [0.2, 0.25) is 0 Å². The lowest BCUT2D eigenvalue weighted by atomic mass is 10.1. The minimum atomic E-state index is -0.397. The number of hydrogen-bond acceptors (Lipinski definition) is 4. The van der Waals surface area contributed by atoms with Gasteiger partial charge in [-0.15, -0.1) is 0 Å². The summed E-state index contributed by atoms with van der Waals surface area (Å²) in [5.41, 5.74) is 6.67. The Morgan fingerprint density at radius 2 is 2.33 bits per heavy atom. The summed E-state index contributed by atoms with van der Waals surface area (Å²) < 4.78 is 0. The molecule has 0 atom stereocenters. The molecule has 1 aromatic heterocycles. The van der Waals surface area contributed by atoms with E-state index in [9.17, 15) is 4.79 Å². The summed E-state index contributed by atoms with van der Waals surface area (Å²) in [6, 6.07) is 1.82. The van der Waals surface area contributed by atoms with Gasteiger partial charge in [0.15, 0.2) is 0 Å². The molecule has 2 rings (SSSR count). The topological polar surface area (TPSA) is 72.1 Å². The standard InChI is InChI=1S/C10H10N4O/c11-10(15)8-2-1-5-14(7-8)9-3-4-12-13-6-9/h1-6H,7H2,(H2,11,15). The number of carbonyl (C=O) groups is 1. The van der Waals surface area contributed by atoms with Crippen LogP contribution in [0.25, 0.3) is 0 Å². The van der Waals surface area contributed by atoms with Crippen molar-refractivity contribution in [2.45, 2.75) is 0 Å². The molecule has 0 fully saturated rings. The first-order valence-corrected chi connectivity index (χ1v) is 4.48. The van der Waals surface area contributed by atoms with Crippen LogP contribution >= 0.6 is 0 Å². The van der Waals surface area contributed by atoms with Crippen molar-refractivity contribution in [3.8, 4) is 0 Å². The summed E-state index contributed by atoms with van der Waals surface area (Å²) >= 11 is 0. The smallest absolute Gasteiger partial charge is 0.246 e. The van der Waals surface area contributed by atoms with E-state index in [-0.39, 0.29) is 0 Å². The molecule has 0 saturated heterocycles. The summed E-state index contributed by atoms with van der Waals surface area (Å²) in [7, 11) is 0. The Bertz CT molecular complexity index is 424. The van der Waals surface area contributed by atoms with Crippen LogP contribution in [-0.2, 0) is 4.79 Å². The van der Waals surface area contributed by atoms with E-state index in [4.69, 9.17) is 5.73 Å². The molecular formula is C10H10N4O. The van der Waals surface area contributed by atoms with Crippen molar-refractivity contribution in [2.75, 3.05) is 11.4 Å². The maximum absolute atomic E-state index is 11.0. The highest BCUT2D eigenvalue weighted by atomic mass is 16.1. The van der Waals surface area contributed by atoms with Gasteiger partial charge in [-0.05, 0) is 12.1 Å². The van der Waals surface area contributed by atoms with Crippen molar-refractivity contribution in [1.82, 2.24) is 10.2 Å². The Morgan fingerprint density at radius 3 is 3.00 bits per heavy atom. The quantitative estimate of drug-likeness (QED) is 0.744. The van der Waals surface area contributed by atoms with Gasteiger partial charge in [0.05, 0.1) is 24.6 Å². The molecule has 0 bridgehead atoms. The number of allylic oxidation sites excluding steroid dienone is 2. The lowest BCUT2D eigenvalue weighted by Crippen LogP contribution is -2.28. The fourth-order valence-electron chi connectivity index (χ4n) is 1.34. The fourth-order valence-corrected chi connectivity index (χ4v) is 1.34. The van der Waals surface area contributed by atoms with Gasteiger partial charge in [0.1, 0.15) is 0 Å². The van der Waals surface area contributed by atoms with Crippen molar-refractivity contribution < 1.29 is 4.79 Å². The van der Waals surface area contributed by atoms with Crippen molar-refractivity contribution in [1.29, 1.82) is 0 Å². The monoisotopic (exact) mass is 202 g/mol. The van der Waals surface area contributed by atoms with Crippen LogP contribution in [0, 0.1) is 0 Å². The van der Waals surface area contributed by atoms with Gasteiger partial charge in [0.25, 0.3) is 0 Å². The summed E-state index contributed by atoms with van der Waals surface area (Å²) in [5.74, 6) is -0.397. The van der Waals surface area contributed by atoms with E-state index in [2.05, 4.69) is 10.2 Å². The lowest BCUT2D eigenvalue weighted by molar-refractivity contribution is -0.114. The Kier molecular flexibility index (Phi) is 2.45. The van der Waals surface area contributed by atoms with Gasteiger partial charge in [-0.3, -0.25) is 4.79 Å². The van der Waals surface area contributed by atoms with Crippen molar-refractivity contribution in [3.63, 3.8) is 0 Å². The molecule has 0 spiro atoms. The molecule has 76 valence electrons. The second kappa shape index (κ2) is 3.91. The number of nitrogens with zero attached hydrogens (tertiary/aromatic N) is 3. The van der Waals surface area contributed by atoms with Crippen molar-refractivity contribution in [3.05, 3.63) is 42.4 Å². The molecule has 0 radical (unpaired) electrons. The molecule has 0 aromatic carbocycles. The highest BCUT2D eigenvalue weighted by Gasteiger charge is 2.13. The van der Waals surface area contributed by atoms with Gasteiger partial charge in [0.2, 0.25) is 5.91 Å². The van der Waals surface area contributed by atoms with Gasteiger partial charge in [-0.2, -0.15) is 10.2 Å². The Hall–Kier alpha value is -2.17. The zero-order valence-electron chi connectivity index (χ0n) is 8.00. The number of amides is 1. The second-order valence-corrected chi connectivity index (χ2v) is 3.13. The SMILES string of the molecule is NC(=O)C1=CC=CN(c2ccnnc2)C1. The molecule has 2 heterocycles. The first-order chi connectivity index (χ1) is 7.27. The van der Waals surface area contributed by atoms with Crippen LogP contribution in [0.3, 0.4) is 0 Å². The minimum absolute atomic E-state index is 0.397. The van der Waals surface area contributed by atoms with Gasteiger partial charge >= 0.3 is 0 Å². The number of carbonyl (C=O) groups excluding carboxylic acids is 1. The predicted octanol–water partition coefficient (Wildman–Crippen LogP) is 0.222. The molecule has 5 heteroatoms. The molecule has 1 aromatic rings. The van der Waals surface area contributed by atoms with Gasteiger partial charge in [0, 0.05) is 11.8 Å². The highest BCUT2D eigenvalue weighted by molar-refractivity contribution is 5.93. The largest absolute Gasteiger partial charge is 0.366 e. The third kappa shape index (κ3) is 2.01. The normalized spacial score (nSPS) is 14.9. The molecular weight excluding hydrogens is 192 g/mol. The number of nitrogens with two attached hydrogens (primary N) is 1. The zero-order chi connectivity index (χ0) is 10.7. The summed E-state index contributed by atoms with van der Waals surface area (Å²) in [6.45, 7) is 0.470. The molecule has 2 N–H and O–H groups in total.